The molecule has 2 N–H and O–H groups in total. The highest BCUT2D eigenvalue weighted by molar-refractivity contribution is 6.33. The number of carbonyl (C=O) groups is 2. The minimum atomic E-state index is -0.456. The number of Topliss-reactive ketones (excluding diaryl/α,β-unsaturated/α-hetero) is 2. The molecule has 162 valence electrons. The van der Waals surface area contributed by atoms with Crippen molar-refractivity contribution >= 4 is 23.2 Å². The minimum absolute atomic E-state index is 0.0567. The topological polar surface area (TPSA) is 75.6 Å². The van der Waals surface area contributed by atoms with Gasteiger partial charge in [-0.25, -0.2) is 0 Å². The van der Waals surface area contributed by atoms with Crippen LogP contribution >= 0.6 is 11.6 Å². The SMILES string of the molecule is COc1ccc([C@@H]2C3=C(CC(C)(C)CC3=O)N[C@@H]3CC(C)(C)CC(=O)[C@H]32)c(Cl)c1O. The summed E-state index contributed by atoms with van der Waals surface area (Å²) >= 11 is 6.58. The Hall–Kier alpha value is -2.01. The number of hydrogen-bond donors (Lipinski definition) is 2. The van der Waals surface area contributed by atoms with Gasteiger partial charge in [-0.1, -0.05) is 45.4 Å². The van der Waals surface area contributed by atoms with Gasteiger partial charge in [0.05, 0.1) is 12.1 Å². The van der Waals surface area contributed by atoms with Crippen molar-refractivity contribution < 1.29 is 19.4 Å². The monoisotopic (exact) mass is 431 g/mol. The molecular formula is C24H30ClNO4. The van der Waals surface area contributed by atoms with E-state index in [0.29, 0.717) is 24.0 Å². The molecule has 4 rings (SSSR count). The first-order valence-electron chi connectivity index (χ1n) is 10.5. The third-order valence-corrected chi connectivity index (χ3v) is 7.24. The molecule has 1 saturated carbocycles. The second-order valence-corrected chi connectivity index (χ2v) is 11.0. The molecule has 0 aromatic heterocycles. The van der Waals surface area contributed by atoms with Gasteiger partial charge < -0.3 is 15.2 Å². The maximum Gasteiger partial charge on any atom is 0.177 e. The number of allylic oxidation sites excluding steroid dienone is 2. The number of halogens is 1. The number of phenolic OH excluding ortho intramolecular Hbond substituents is 1. The Balaban J connectivity index is 1.92. The maximum atomic E-state index is 13.4. The van der Waals surface area contributed by atoms with Crippen molar-refractivity contribution in [2.75, 3.05) is 7.11 Å². The molecule has 3 atom stereocenters. The molecular weight excluding hydrogens is 402 g/mol. The highest BCUT2D eigenvalue weighted by atomic mass is 35.5. The first-order chi connectivity index (χ1) is 13.9. The number of benzene rings is 1. The predicted octanol–water partition coefficient (Wildman–Crippen LogP) is 4.76. The Kier molecular flexibility index (Phi) is 4.96. The Morgan fingerprint density at radius 2 is 1.80 bits per heavy atom. The molecule has 1 aromatic rings. The van der Waals surface area contributed by atoms with Crippen LogP contribution in [0.1, 0.15) is 64.9 Å². The van der Waals surface area contributed by atoms with E-state index in [4.69, 9.17) is 16.3 Å². The van der Waals surface area contributed by atoms with E-state index in [1.54, 1.807) is 12.1 Å². The highest BCUT2D eigenvalue weighted by Crippen LogP contribution is 2.54. The van der Waals surface area contributed by atoms with Crippen LogP contribution in [-0.4, -0.2) is 29.8 Å². The van der Waals surface area contributed by atoms with E-state index in [-0.39, 0.29) is 50.9 Å². The number of nitrogens with one attached hydrogen (secondary N) is 1. The fraction of sp³-hybridized carbons (Fsp3) is 0.583. The van der Waals surface area contributed by atoms with Gasteiger partial charge in [-0.05, 0) is 35.3 Å². The van der Waals surface area contributed by atoms with Crippen LogP contribution in [0, 0.1) is 16.7 Å². The molecule has 3 aliphatic rings. The molecule has 5 nitrogen and oxygen atoms in total. The zero-order valence-electron chi connectivity index (χ0n) is 18.3. The lowest BCUT2D eigenvalue weighted by atomic mass is 9.59. The number of methoxy groups -OCH3 is 1. The van der Waals surface area contributed by atoms with Crippen LogP contribution in [0.5, 0.6) is 11.5 Å². The second-order valence-electron chi connectivity index (χ2n) is 10.6. The number of rotatable bonds is 2. The number of ether oxygens (including phenoxy) is 1. The molecule has 2 aliphatic carbocycles. The summed E-state index contributed by atoms with van der Waals surface area (Å²) in [5.41, 5.74) is 1.98. The predicted molar refractivity (Wildman–Crippen MR) is 116 cm³/mol. The van der Waals surface area contributed by atoms with E-state index in [1.807, 2.05) is 0 Å². The fourth-order valence-electron chi connectivity index (χ4n) is 5.71. The van der Waals surface area contributed by atoms with Gasteiger partial charge in [0.2, 0.25) is 0 Å². The van der Waals surface area contributed by atoms with E-state index in [2.05, 4.69) is 33.0 Å². The van der Waals surface area contributed by atoms with Gasteiger partial charge >= 0.3 is 0 Å². The summed E-state index contributed by atoms with van der Waals surface area (Å²) in [6.07, 6.45) is 2.49. The Labute approximate surface area is 182 Å². The summed E-state index contributed by atoms with van der Waals surface area (Å²) in [6, 6.07) is 3.38. The normalized spacial score (nSPS) is 29.7. The van der Waals surface area contributed by atoms with Crippen LogP contribution in [0.25, 0.3) is 0 Å². The van der Waals surface area contributed by atoms with Gasteiger partial charge in [0.1, 0.15) is 5.78 Å². The molecule has 1 aromatic carbocycles. The van der Waals surface area contributed by atoms with Crippen molar-refractivity contribution in [3.63, 3.8) is 0 Å². The minimum Gasteiger partial charge on any atom is -0.503 e. The van der Waals surface area contributed by atoms with E-state index < -0.39 is 5.92 Å². The lowest BCUT2D eigenvalue weighted by Crippen LogP contribution is -2.55. The van der Waals surface area contributed by atoms with E-state index in [9.17, 15) is 14.7 Å². The fourth-order valence-corrected chi connectivity index (χ4v) is 5.99. The number of carbonyl (C=O) groups excluding carboxylic acids is 2. The van der Waals surface area contributed by atoms with Gasteiger partial charge in [-0.2, -0.15) is 0 Å². The van der Waals surface area contributed by atoms with Crippen molar-refractivity contribution in [1.29, 1.82) is 0 Å². The smallest absolute Gasteiger partial charge is 0.177 e. The van der Waals surface area contributed by atoms with Crippen LogP contribution in [0.4, 0.5) is 0 Å². The summed E-state index contributed by atoms with van der Waals surface area (Å²) in [6.45, 7) is 8.42. The highest BCUT2D eigenvalue weighted by Gasteiger charge is 2.52. The number of aromatic hydroxyl groups is 1. The lowest BCUT2D eigenvalue weighted by Gasteiger charge is -2.50. The Morgan fingerprint density at radius 3 is 2.47 bits per heavy atom. The largest absolute Gasteiger partial charge is 0.503 e. The van der Waals surface area contributed by atoms with Crippen LogP contribution in [-0.2, 0) is 9.59 Å². The van der Waals surface area contributed by atoms with Crippen LogP contribution in [0.2, 0.25) is 5.02 Å². The van der Waals surface area contributed by atoms with Crippen LogP contribution in [0.3, 0.4) is 0 Å². The molecule has 1 heterocycles. The Morgan fingerprint density at radius 1 is 1.10 bits per heavy atom. The first kappa shape index (κ1) is 21.2. The lowest BCUT2D eigenvalue weighted by molar-refractivity contribution is -0.130. The second kappa shape index (κ2) is 7.01. The third-order valence-electron chi connectivity index (χ3n) is 6.84. The number of ketones is 2. The summed E-state index contributed by atoms with van der Waals surface area (Å²) in [5.74, 6) is -0.516. The van der Waals surface area contributed by atoms with Gasteiger partial charge in [0.15, 0.2) is 17.3 Å². The molecule has 6 heteroatoms. The molecule has 30 heavy (non-hydrogen) atoms. The van der Waals surface area contributed by atoms with Gasteiger partial charge in [-0.3, -0.25) is 9.59 Å². The number of phenols is 1. The standard InChI is InChI=1S/C24H30ClNO4/c1-23(2)8-13-19(15(27)10-23)18(12-6-7-17(30-5)22(29)21(12)25)20-14(26-13)9-24(3,4)11-16(20)28/h6-7,13,18-19,26,29H,8-11H2,1-5H3/t13-,18+,19+/m1/s1. The maximum absolute atomic E-state index is 13.4. The number of fused-ring (bicyclic) bond motifs is 1. The average Bonchev–Trinajstić information content (AvgIpc) is 2.60. The van der Waals surface area contributed by atoms with Crippen molar-refractivity contribution in [2.24, 2.45) is 16.7 Å². The number of hydrogen-bond acceptors (Lipinski definition) is 5. The van der Waals surface area contributed by atoms with Gasteiger partial charge in [-0.15, -0.1) is 0 Å². The Bertz CT molecular complexity index is 962. The molecule has 0 saturated heterocycles. The summed E-state index contributed by atoms with van der Waals surface area (Å²) in [5, 5.41) is 14.3. The van der Waals surface area contributed by atoms with Crippen molar-refractivity contribution in [1.82, 2.24) is 5.32 Å². The molecule has 0 radical (unpaired) electrons. The third kappa shape index (κ3) is 3.41. The molecule has 0 amide bonds. The average molecular weight is 432 g/mol. The van der Waals surface area contributed by atoms with Crippen LogP contribution < -0.4 is 10.1 Å². The van der Waals surface area contributed by atoms with Gasteiger partial charge in [0.25, 0.3) is 0 Å². The zero-order chi connectivity index (χ0) is 22.0. The molecule has 0 spiro atoms. The summed E-state index contributed by atoms with van der Waals surface area (Å²) in [4.78, 5) is 26.7. The first-order valence-corrected chi connectivity index (χ1v) is 10.9. The summed E-state index contributed by atoms with van der Waals surface area (Å²) < 4.78 is 5.19. The van der Waals surface area contributed by atoms with Gasteiger partial charge in [0, 0.05) is 42.0 Å². The molecule has 0 bridgehead atoms. The zero-order valence-corrected chi connectivity index (χ0v) is 19.0. The van der Waals surface area contributed by atoms with E-state index >= 15 is 0 Å². The molecule has 1 fully saturated rings. The van der Waals surface area contributed by atoms with Crippen molar-refractivity contribution in [2.45, 2.75) is 65.3 Å². The van der Waals surface area contributed by atoms with E-state index in [0.717, 1.165) is 18.5 Å². The van der Waals surface area contributed by atoms with Crippen molar-refractivity contribution in [3.8, 4) is 11.5 Å². The van der Waals surface area contributed by atoms with Crippen molar-refractivity contribution in [3.05, 3.63) is 34.0 Å². The molecule has 1 aliphatic heterocycles. The summed E-state index contributed by atoms with van der Waals surface area (Å²) in [7, 11) is 1.46. The van der Waals surface area contributed by atoms with E-state index in [1.165, 1.54) is 7.11 Å². The quantitative estimate of drug-likeness (QED) is 0.706. The van der Waals surface area contributed by atoms with Crippen LogP contribution in [0.15, 0.2) is 23.4 Å². The molecule has 0 unspecified atom stereocenters.